The smallest absolute Gasteiger partial charge is 0.303 e. The molecule has 1 saturated heterocycles. The number of piperidine rings is 1. The third-order valence-corrected chi connectivity index (χ3v) is 7.86. The summed E-state index contributed by atoms with van der Waals surface area (Å²) in [5, 5.41) is 9.01. The van der Waals surface area contributed by atoms with Crippen LogP contribution in [0.1, 0.15) is 44.9 Å². The Hall–Kier alpha value is -3.00. The molecule has 7 nitrogen and oxygen atoms in total. The molecule has 0 amide bonds. The number of ether oxygens (including phenoxy) is 1. The molecule has 2 bridgehead atoms. The first kappa shape index (κ1) is 21.5. The molecule has 3 aliphatic rings. The van der Waals surface area contributed by atoms with Crippen LogP contribution >= 0.6 is 0 Å². The minimum atomic E-state index is -0.688. The highest BCUT2D eigenvalue weighted by Gasteiger charge is 2.46. The van der Waals surface area contributed by atoms with Crippen LogP contribution < -0.4 is 4.90 Å². The minimum Gasteiger partial charge on any atom is -0.481 e. The Morgan fingerprint density at radius 2 is 2.03 bits per heavy atom. The van der Waals surface area contributed by atoms with Crippen molar-refractivity contribution in [3.05, 3.63) is 42.3 Å². The molecule has 0 radical (unpaired) electrons. The zero-order valence-corrected chi connectivity index (χ0v) is 19.0. The van der Waals surface area contributed by atoms with E-state index in [0.717, 1.165) is 62.0 Å². The molecular formula is C26H29FN4O3. The average molecular weight is 465 g/mol. The molecule has 2 N–H and O–H groups in total. The van der Waals surface area contributed by atoms with E-state index in [1.165, 1.54) is 12.1 Å². The van der Waals surface area contributed by atoms with Crippen LogP contribution in [0.4, 0.5) is 10.2 Å². The molecule has 3 fully saturated rings. The summed E-state index contributed by atoms with van der Waals surface area (Å²) in [6.45, 7) is 0.958. The van der Waals surface area contributed by atoms with E-state index in [1.807, 2.05) is 18.3 Å². The first-order valence-corrected chi connectivity index (χ1v) is 12.3. The summed E-state index contributed by atoms with van der Waals surface area (Å²) in [5.41, 5.74) is 2.29. The third-order valence-electron chi connectivity index (χ3n) is 7.86. The number of hydrogen-bond donors (Lipinski definition) is 2. The van der Waals surface area contributed by atoms with Crippen molar-refractivity contribution >= 4 is 22.8 Å². The minimum absolute atomic E-state index is 0.275. The standard InChI is InChI=1S/C26H29FN4O3/c27-18-4-7-21-22(11-18)30-26(29-21)16-3-8-24(28-13-16)31-14-17-10-19(31)12-23(17)34-20-5-1-15(2-6-20)9-25(32)33/h3-4,7-8,11,13,15,17,19-20,23H,1-2,5-6,9-10,12,14H2,(H,29,30)(H,32,33)/t15?,17-,19-,20?,23+/m0/s1. The van der Waals surface area contributed by atoms with Crippen LogP contribution in [-0.4, -0.2) is 50.8 Å². The van der Waals surface area contributed by atoms with E-state index in [0.29, 0.717) is 35.3 Å². The monoisotopic (exact) mass is 464 g/mol. The van der Waals surface area contributed by atoms with Crippen LogP contribution in [0.2, 0.25) is 0 Å². The highest BCUT2D eigenvalue weighted by atomic mass is 19.1. The van der Waals surface area contributed by atoms with Gasteiger partial charge in [0, 0.05) is 36.7 Å². The molecular weight excluding hydrogens is 435 g/mol. The Bertz CT molecular complexity index is 1190. The predicted octanol–water partition coefficient (Wildman–Crippen LogP) is 4.78. The number of fused-ring (bicyclic) bond motifs is 3. The molecule has 3 atom stereocenters. The van der Waals surface area contributed by atoms with Crippen LogP contribution in [0.25, 0.3) is 22.4 Å². The quantitative estimate of drug-likeness (QED) is 0.546. The Morgan fingerprint density at radius 1 is 1.18 bits per heavy atom. The predicted molar refractivity (Wildman–Crippen MR) is 126 cm³/mol. The molecule has 1 aromatic carbocycles. The van der Waals surface area contributed by atoms with E-state index >= 15 is 0 Å². The second kappa shape index (κ2) is 8.65. The summed E-state index contributed by atoms with van der Waals surface area (Å²) >= 11 is 0. The summed E-state index contributed by atoms with van der Waals surface area (Å²) < 4.78 is 20.0. The molecule has 6 rings (SSSR count). The zero-order chi connectivity index (χ0) is 23.2. The Balaban J connectivity index is 1.06. The Morgan fingerprint density at radius 3 is 2.74 bits per heavy atom. The van der Waals surface area contributed by atoms with Gasteiger partial charge in [-0.05, 0) is 74.8 Å². The first-order chi connectivity index (χ1) is 16.5. The van der Waals surface area contributed by atoms with E-state index in [1.54, 1.807) is 6.07 Å². The maximum atomic E-state index is 13.5. The first-order valence-electron chi connectivity index (χ1n) is 12.3. The number of carboxylic acids is 1. The van der Waals surface area contributed by atoms with E-state index in [2.05, 4.69) is 14.9 Å². The fourth-order valence-electron chi connectivity index (χ4n) is 6.13. The number of carbonyl (C=O) groups is 1. The van der Waals surface area contributed by atoms with E-state index in [-0.39, 0.29) is 18.3 Å². The fourth-order valence-corrected chi connectivity index (χ4v) is 6.13. The molecule has 2 aliphatic carbocycles. The number of halogens is 1. The van der Waals surface area contributed by atoms with Gasteiger partial charge >= 0.3 is 5.97 Å². The normalized spacial score (nSPS) is 28.6. The van der Waals surface area contributed by atoms with Gasteiger partial charge in [-0.1, -0.05) is 0 Å². The number of nitrogens with one attached hydrogen (secondary N) is 1. The van der Waals surface area contributed by atoms with E-state index < -0.39 is 5.97 Å². The number of aromatic amines is 1. The largest absolute Gasteiger partial charge is 0.481 e. The number of anilines is 1. The van der Waals surface area contributed by atoms with Crippen molar-refractivity contribution in [2.45, 2.75) is 63.2 Å². The van der Waals surface area contributed by atoms with Gasteiger partial charge in [-0.15, -0.1) is 0 Å². The topological polar surface area (TPSA) is 91.3 Å². The summed E-state index contributed by atoms with van der Waals surface area (Å²) in [7, 11) is 0. The van der Waals surface area contributed by atoms with Crippen molar-refractivity contribution in [3.63, 3.8) is 0 Å². The number of pyridine rings is 1. The molecule has 0 spiro atoms. The van der Waals surface area contributed by atoms with Gasteiger partial charge in [-0.25, -0.2) is 14.4 Å². The second-order valence-corrected chi connectivity index (χ2v) is 10.1. The molecule has 178 valence electrons. The van der Waals surface area contributed by atoms with Crippen molar-refractivity contribution in [1.29, 1.82) is 0 Å². The second-order valence-electron chi connectivity index (χ2n) is 10.1. The number of carboxylic acid groups (broad SMARTS) is 1. The molecule has 34 heavy (non-hydrogen) atoms. The Kier molecular flexibility index (Phi) is 5.48. The van der Waals surface area contributed by atoms with Crippen LogP contribution in [0.5, 0.6) is 0 Å². The third kappa shape index (κ3) is 4.15. The van der Waals surface area contributed by atoms with Crippen LogP contribution in [0.3, 0.4) is 0 Å². The molecule has 3 heterocycles. The van der Waals surface area contributed by atoms with Crippen molar-refractivity contribution < 1.29 is 19.0 Å². The van der Waals surface area contributed by atoms with Crippen LogP contribution in [-0.2, 0) is 9.53 Å². The highest BCUT2D eigenvalue weighted by molar-refractivity contribution is 5.79. The maximum absolute atomic E-state index is 13.5. The van der Waals surface area contributed by atoms with Crippen molar-refractivity contribution in [1.82, 2.24) is 15.0 Å². The number of benzene rings is 1. The van der Waals surface area contributed by atoms with Gasteiger partial charge in [-0.3, -0.25) is 4.79 Å². The van der Waals surface area contributed by atoms with Crippen molar-refractivity contribution in [2.24, 2.45) is 11.8 Å². The number of H-pyrrole nitrogens is 1. The van der Waals surface area contributed by atoms with Crippen molar-refractivity contribution in [3.8, 4) is 11.4 Å². The lowest BCUT2D eigenvalue weighted by Crippen LogP contribution is -2.40. The van der Waals surface area contributed by atoms with Gasteiger partial charge < -0.3 is 19.7 Å². The fraction of sp³-hybridized carbons (Fsp3) is 0.500. The van der Waals surface area contributed by atoms with Crippen LogP contribution in [0.15, 0.2) is 36.5 Å². The molecule has 2 aromatic heterocycles. The summed E-state index contributed by atoms with van der Waals surface area (Å²) in [6.07, 6.45) is 8.74. The maximum Gasteiger partial charge on any atom is 0.303 e. The summed E-state index contributed by atoms with van der Waals surface area (Å²) in [6, 6.07) is 9.06. The van der Waals surface area contributed by atoms with E-state index in [9.17, 15) is 9.18 Å². The van der Waals surface area contributed by atoms with Crippen LogP contribution in [0, 0.1) is 17.7 Å². The molecule has 3 aromatic rings. The number of nitrogens with zero attached hydrogens (tertiary/aromatic N) is 3. The van der Waals surface area contributed by atoms with E-state index in [4.69, 9.17) is 14.8 Å². The SMILES string of the molecule is O=C(O)CC1CCC(O[C@@H]2C[C@@H]3C[C@H]2CN3c2ccc(-c3nc4ccc(F)cc4[nH]3)cn2)CC1. The van der Waals surface area contributed by atoms with Gasteiger partial charge in [0.05, 0.1) is 23.2 Å². The molecule has 1 aliphatic heterocycles. The number of aromatic nitrogens is 3. The highest BCUT2D eigenvalue weighted by Crippen LogP contribution is 2.43. The van der Waals surface area contributed by atoms with Gasteiger partial charge in [0.15, 0.2) is 0 Å². The number of rotatable bonds is 6. The average Bonchev–Trinajstić information content (AvgIpc) is 3.54. The Labute approximate surface area is 197 Å². The lowest BCUT2D eigenvalue weighted by molar-refractivity contribution is -0.138. The zero-order valence-electron chi connectivity index (χ0n) is 19.0. The van der Waals surface area contributed by atoms with Gasteiger partial charge in [0.1, 0.15) is 17.5 Å². The lowest BCUT2D eigenvalue weighted by Gasteiger charge is -2.36. The lowest BCUT2D eigenvalue weighted by atomic mass is 9.85. The number of imidazole rings is 1. The van der Waals surface area contributed by atoms with Gasteiger partial charge in [0.2, 0.25) is 0 Å². The molecule has 8 heteroatoms. The number of aliphatic carboxylic acids is 1. The molecule has 2 saturated carbocycles. The summed E-state index contributed by atoms with van der Waals surface area (Å²) in [4.78, 5) is 25.8. The van der Waals surface area contributed by atoms with Gasteiger partial charge in [-0.2, -0.15) is 0 Å². The number of hydrogen-bond acceptors (Lipinski definition) is 5. The molecule has 0 unspecified atom stereocenters. The van der Waals surface area contributed by atoms with Gasteiger partial charge in [0.25, 0.3) is 0 Å². The summed E-state index contributed by atoms with van der Waals surface area (Å²) in [5.74, 6) is 1.52. The van der Waals surface area contributed by atoms with Crippen molar-refractivity contribution in [2.75, 3.05) is 11.4 Å².